The van der Waals surface area contributed by atoms with E-state index in [1.165, 1.54) is 27.8 Å². The summed E-state index contributed by atoms with van der Waals surface area (Å²) in [7, 11) is 0. The summed E-state index contributed by atoms with van der Waals surface area (Å²) in [5, 5.41) is 0. The number of nitrogens with zero attached hydrogens (tertiary/aromatic N) is 1. The smallest absolute Gasteiger partial charge is 0.0424 e. The predicted molar refractivity (Wildman–Crippen MR) is 88.3 cm³/mol. The molecular formula is C19H24N2. The first-order chi connectivity index (χ1) is 10.1. The molecule has 110 valence electrons. The molecule has 1 unspecified atom stereocenters. The Balaban J connectivity index is 1.68. The molecule has 21 heavy (non-hydrogen) atoms. The van der Waals surface area contributed by atoms with Crippen molar-refractivity contribution in [1.29, 1.82) is 0 Å². The second kappa shape index (κ2) is 6.00. The summed E-state index contributed by atoms with van der Waals surface area (Å²) in [5.74, 6) is 0. The Bertz CT molecular complexity index is 633. The highest BCUT2D eigenvalue weighted by Crippen LogP contribution is 2.21. The first kappa shape index (κ1) is 14.3. The normalized spacial score (nSPS) is 16.5. The molecular weight excluding hydrogens is 256 g/mol. The third kappa shape index (κ3) is 3.17. The van der Waals surface area contributed by atoms with E-state index in [1.54, 1.807) is 0 Å². The van der Waals surface area contributed by atoms with Crippen LogP contribution in [-0.4, -0.2) is 18.0 Å². The lowest BCUT2D eigenvalue weighted by Gasteiger charge is -2.31. The Labute approximate surface area is 127 Å². The summed E-state index contributed by atoms with van der Waals surface area (Å²) in [5.41, 5.74) is 13.3. The van der Waals surface area contributed by atoms with E-state index in [1.807, 2.05) is 0 Å². The van der Waals surface area contributed by atoms with Crippen LogP contribution >= 0.6 is 0 Å². The largest absolute Gasteiger partial charge is 0.323 e. The van der Waals surface area contributed by atoms with E-state index in [4.69, 9.17) is 5.73 Å². The maximum Gasteiger partial charge on any atom is 0.0424 e. The lowest BCUT2D eigenvalue weighted by atomic mass is 9.98. The molecule has 0 fully saturated rings. The number of hydrogen-bond acceptors (Lipinski definition) is 2. The van der Waals surface area contributed by atoms with Crippen molar-refractivity contribution in [3.8, 4) is 0 Å². The standard InChI is InChI=1S/C19H24N2/c1-14-7-8-17(11-15(14)2)19(20)13-21-10-9-16-5-3-4-6-18(16)12-21/h3-8,11,19H,9-10,12-13,20H2,1-2H3. The summed E-state index contributed by atoms with van der Waals surface area (Å²) >= 11 is 0. The fourth-order valence-corrected chi connectivity index (χ4v) is 3.09. The van der Waals surface area contributed by atoms with E-state index in [2.05, 4.69) is 61.2 Å². The van der Waals surface area contributed by atoms with Gasteiger partial charge < -0.3 is 5.73 Å². The lowest BCUT2D eigenvalue weighted by molar-refractivity contribution is 0.239. The van der Waals surface area contributed by atoms with Crippen LogP contribution in [-0.2, 0) is 13.0 Å². The van der Waals surface area contributed by atoms with E-state index in [0.29, 0.717) is 0 Å². The molecule has 3 rings (SSSR count). The zero-order valence-electron chi connectivity index (χ0n) is 13.0. The van der Waals surface area contributed by atoms with Crippen LogP contribution in [0.1, 0.15) is 33.9 Å². The SMILES string of the molecule is Cc1ccc(C(N)CN2CCc3ccccc3C2)cc1C. The van der Waals surface area contributed by atoms with Gasteiger partial charge in [-0.15, -0.1) is 0 Å². The Hall–Kier alpha value is -1.64. The zero-order valence-corrected chi connectivity index (χ0v) is 13.0. The Morgan fingerprint density at radius 3 is 2.57 bits per heavy atom. The van der Waals surface area contributed by atoms with Gasteiger partial charge in [0.15, 0.2) is 0 Å². The molecule has 1 atom stereocenters. The Morgan fingerprint density at radius 2 is 1.81 bits per heavy atom. The molecule has 1 aliphatic rings. The van der Waals surface area contributed by atoms with Crippen LogP contribution in [0.4, 0.5) is 0 Å². The molecule has 0 aliphatic carbocycles. The average Bonchev–Trinajstić information content (AvgIpc) is 2.50. The van der Waals surface area contributed by atoms with Crippen molar-refractivity contribution in [3.05, 3.63) is 70.3 Å². The number of fused-ring (bicyclic) bond motifs is 1. The highest BCUT2D eigenvalue weighted by atomic mass is 15.1. The molecule has 2 heteroatoms. The van der Waals surface area contributed by atoms with Gasteiger partial charge in [-0.3, -0.25) is 4.90 Å². The molecule has 0 spiro atoms. The molecule has 0 aromatic heterocycles. The van der Waals surface area contributed by atoms with Gasteiger partial charge in [-0.1, -0.05) is 42.5 Å². The van der Waals surface area contributed by atoms with Gasteiger partial charge in [0.25, 0.3) is 0 Å². The van der Waals surface area contributed by atoms with Crippen molar-refractivity contribution in [2.24, 2.45) is 5.73 Å². The molecule has 1 aliphatic heterocycles. The van der Waals surface area contributed by atoms with Crippen LogP contribution < -0.4 is 5.73 Å². The minimum Gasteiger partial charge on any atom is -0.323 e. The summed E-state index contributed by atoms with van der Waals surface area (Å²) in [4.78, 5) is 2.47. The number of rotatable bonds is 3. The van der Waals surface area contributed by atoms with E-state index in [-0.39, 0.29) is 6.04 Å². The van der Waals surface area contributed by atoms with Gasteiger partial charge in [-0.05, 0) is 48.1 Å². The number of nitrogens with two attached hydrogens (primary N) is 1. The van der Waals surface area contributed by atoms with Gasteiger partial charge in [-0.25, -0.2) is 0 Å². The second-order valence-electron chi connectivity index (χ2n) is 6.20. The van der Waals surface area contributed by atoms with E-state index >= 15 is 0 Å². The summed E-state index contributed by atoms with van der Waals surface area (Å²) in [6, 6.07) is 15.4. The Morgan fingerprint density at radius 1 is 1.05 bits per heavy atom. The molecule has 2 aromatic carbocycles. The fraction of sp³-hybridized carbons (Fsp3) is 0.368. The van der Waals surface area contributed by atoms with Crippen molar-refractivity contribution >= 4 is 0 Å². The molecule has 0 bridgehead atoms. The second-order valence-corrected chi connectivity index (χ2v) is 6.20. The number of benzene rings is 2. The third-order valence-electron chi connectivity index (χ3n) is 4.62. The zero-order chi connectivity index (χ0) is 14.8. The van der Waals surface area contributed by atoms with Crippen molar-refractivity contribution in [2.45, 2.75) is 32.9 Å². The summed E-state index contributed by atoms with van der Waals surface area (Å²) in [6.07, 6.45) is 1.13. The number of aryl methyl sites for hydroxylation is 2. The van der Waals surface area contributed by atoms with Crippen LogP contribution in [0.5, 0.6) is 0 Å². The topological polar surface area (TPSA) is 29.3 Å². The van der Waals surface area contributed by atoms with Gasteiger partial charge in [0.2, 0.25) is 0 Å². The van der Waals surface area contributed by atoms with Gasteiger partial charge >= 0.3 is 0 Å². The van der Waals surface area contributed by atoms with Gasteiger partial charge in [0.05, 0.1) is 0 Å². The van der Waals surface area contributed by atoms with E-state index in [0.717, 1.165) is 26.1 Å². The molecule has 2 nitrogen and oxygen atoms in total. The van der Waals surface area contributed by atoms with Gasteiger partial charge in [0.1, 0.15) is 0 Å². The minimum absolute atomic E-state index is 0.0922. The third-order valence-corrected chi connectivity index (χ3v) is 4.62. The van der Waals surface area contributed by atoms with Crippen LogP contribution in [0.15, 0.2) is 42.5 Å². The quantitative estimate of drug-likeness (QED) is 0.934. The van der Waals surface area contributed by atoms with Crippen LogP contribution in [0.2, 0.25) is 0 Å². The molecule has 2 N–H and O–H groups in total. The van der Waals surface area contributed by atoms with Crippen LogP contribution in [0.3, 0.4) is 0 Å². The molecule has 0 radical (unpaired) electrons. The minimum atomic E-state index is 0.0922. The van der Waals surface area contributed by atoms with Crippen molar-refractivity contribution in [3.63, 3.8) is 0 Å². The average molecular weight is 280 g/mol. The van der Waals surface area contributed by atoms with Crippen molar-refractivity contribution in [2.75, 3.05) is 13.1 Å². The molecule has 0 amide bonds. The summed E-state index contributed by atoms with van der Waals surface area (Å²) < 4.78 is 0. The first-order valence-electron chi connectivity index (χ1n) is 7.75. The molecule has 0 saturated carbocycles. The maximum atomic E-state index is 6.42. The van der Waals surface area contributed by atoms with Crippen LogP contribution in [0.25, 0.3) is 0 Å². The molecule has 0 saturated heterocycles. The summed E-state index contributed by atoms with van der Waals surface area (Å²) in [6.45, 7) is 7.36. The highest BCUT2D eigenvalue weighted by molar-refractivity contribution is 5.32. The monoisotopic (exact) mass is 280 g/mol. The van der Waals surface area contributed by atoms with Crippen molar-refractivity contribution in [1.82, 2.24) is 4.90 Å². The maximum absolute atomic E-state index is 6.42. The highest BCUT2D eigenvalue weighted by Gasteiger charge is 2.18. The Kier molecular flexibility index (Phi) is 4.09. The van der Waals surface area contributed by atoms with E-state index < -0.39 is 0 Å². The van der Waals surface area contributed by atoms with Gasteiger partial charge in [0, 0.05) is 25.7 Å². The van der Waals surface area contributed by atoms with Crippen molar-refractivity contribution < 1.29 is 0 Å². The van der Waals surface area contributed by atoms with Crippen LogP contribution in [0, 0.1) is 13.8 Å². The molecule has 1 heterocycles. The van der Waals surface area contributed by atoms with Gasteiger partial charge in [-0.2, -0.15) is 0 Å². The number of hydrogen-bond donors (Lipinski definition) is 1. The lowest BCUT2D eigenvalue weighted by Crippen LogP contribution is -2.36. The fourth-order valence-electron chi connectivity index (χ4n) is 3.09. The molecule has 2 aromatic rings. The predicted octanol–water partition coefficient (Wildman–Crippen LogP) is 3.36. The van der Waals surface area contributed by atoms with E-state index in [9.17, 15) is 0 Å². The first-order valence-corrected chi connectivity index (χ1v) is 7.75.